The molecule has 3 N–H and O–H groups in total. The number of aryl methyl sites for hydroxylation is 1. The molecule has 0 unspecified atom stereocenters. The summed E-state index contributed by atoms with van der Waals surface area (Å²) in [5.74, 6) is 0.701. The zero-order chi connectivity index (χ0) is 19.2. The lowest BCUT2D eigenvalue weighted by Crippen LogP contribution is -2.38. The fraction of sp³-hybridized carbons (Fsp3) is 0.474. The van der Waals surface area contributed by atoms with E-state index in [-0.39, 0.29) is 24.3 Å². The lowest BCUT2D eigenvalue weighted by molar-refractivity contribution is -0.125. The summed E-state index contributed by atoms with van der Waals surface area (Å²) in [7, 11) is 0. The maximum absolute atomic E-state index is 12.3. The molecule has 8 heteroatoms. The summed E-state index contributed by atoms with van der Waals surface area (Å²) in [6.45, 7) is 2.90. The predicted octanol–water partition coefficient (Wildman–Crippen LogP) is 2.34. The van der Waals surface area contributed by atoms with Crippen molar-refractivity contribution >= 4 is 24.0 Å². The third kappa shape index (κ3) is 5.03. The lowest BCUT2D eigenvalue weighted by atomic mass is 10.1. The molecule has 1 aliphatic carbocycles. The first-order valence-corrected chi connectivity index (χ1v) is 9.72. The number of nitrogens with one attached hydrogen (secondary N) is 3. The molecule has 1 fully saturated rings. The van der Waals surface area contributed by atoms with E-state index < -0.39 is 0 Å². The van der Waals surface area contributed by atoms with Gasteiger partial charge in [0.1, 0.15) is 6.54 Å². The third-order valence-electron chi connectivity index (χ3n) is 4.81. The van der Waals surface area contributed by atoms with Crippen molar-refractivity contribution in [3.63, 3.8) is 0 Å². The van der Waals surface area contributed by atoms with Crippen LogP contribution in [0.1, 0.15) is 31.2 Å². The van der Waals surface area contributed by atoms with Gasteiger partial charge in [0.25, 0.3) is 0 Å². The van der Waals surface area contributed by atoms with Crippen LogP contribution >= 0.6 is 12.2 Å². The summed E-state index contributed by atoms with van der Waals surface area (Å²) in [4.78, 5) is 24.2. The van der Waals surface area contributed by atoms with Crippen molar-refractivity contribution < 1.29 is 9.59 Å². The molecule has 2 amide bonds. The van der Waals surface area contributed by atoms with Crippen LogP contribution in [-0.2, 0) is 16.1 Å². The van der Waals surface area contributed by atoms with Crippen molar-refractivity contribution in [2.24, 2.45) is 5.92 Å². The highest BCUT2D eigenvalue weighted by Crippen LogP contribution is 2.24. The van der Waals surface area contributed by atoms with E-state index in [2.05, 4.69) is 20.8 Å². The Labute approximate surface area is 163 Å². The Balaban J connectivity index is 1.52. The number of rotatable bonds is 7. The summed E-state index contributed by atoms with van der Waals surface area (Å²) in [5, 5.41) is 12.7. The summed E-state index contributed by atoms with van der Waals surface area (Å²) < 4.78 is 2.08. The van der Waals surface area contributed by atoms with Gasteiger partial charge in [0.05, 0.1) is 0 Å². The smallest absolute Gasteiger partial charge is 0.240 e. The van der Waals surface area contributed by atoms with Gasteiger partial charge in [0.15, 0.2) is 10.6 Å². The van der Waals surface area contributed by atoms with Gasteiger partial charge >= 0.3 is 0 Å². The largest absolute Gasteiger partial charge is 0.354 e. The first kappa shape index (κ1) is 19.3. The molecular formula is C19H25N5O2S. The summed E-state index contributed by atoms with van der Waals surface area (Å²) >= 11 is 5.26. The number of hydrogen-bond donors (Lipinski definition) is 3. The number of amides is 2. The van der Waals surface area contributed by atoms with Gasteiger partial charge < -0.3 is 10.6 Å². The fourth-order valence-electron chi connectivity index (χ4n) is 3.39. The number of hydrogen-bond acceptors (Lipinski definition) is 4. The van der Waals surface area contributed by atoms with Crippen LogP contribution in [0.15, 0.2) is 24.3 Å². The highest BCUT2D eigenvalue weighted by Gasteiger charge is 2.22. The average Bonchev–Trinajstić information content (AvgIpc) is 3.30. The number of carbonyl (C=O) groups is 2. The van der Waals surface area contributed by atoms with E-state index in [1.165, 1.54) is 0 Å². The molecule has 1 aliphatic rings. The monoisotopic (exact) mass is 387 g/mol. The van der Waals surface area contributed by atoms with Crippen molar-refractivity contribution in [1.82, 2.24) is 25.4 Å². The Hall–Kier alpha value is -2.48. The van der Waals surface area contributed by atoms with E-state index in [4.69, 9.17) is 12.2 Å². The summed E-state index contributed by atoms with van der Waals surface area (Å²) in [5.41, 5.74) is 2.01. The minimum atomic E-state index is -0.170. The van der Waals surface area contributed by atoms with Crippen LogP contribution in [0.2, 0.25) is 0 Å². The Bertz CT molecular complexity index is 867. The Morgan fingerprint density at radius 2 is 2.00 bits per heavy atom. The molecule has 3 rings (SSSR count). The molecule has 1 aromatic carbocycles. The molecule has 2 aromatic rings. The molecule has 0 aliphatic heterocycles. The zero-order valence-electron chi connectivity index (χ0n) is 15.5. The molecule has 7 nitrogen and oxygen atoms in total. The quantitative estimate of drug-likeness (QED) is 0.502. The van der Waals surface area contributed by atoms with E-state index >= 15 is 0 Å². The van der Waals surface area contributed by atoms with Gasteiger partial charge in [0, 0.05) is 24.6 Å². The van der Waals surface area contributed by atoms with E-state index in [9.17, 15) is 9.59 Å². The zero-order valence-corrected chi connectivity index (χ0v) is 16.3. The molecule has 27 heavy (non-hydrogen) atoms. The molecule has 0 saturated heterocycles. The second-order valence-corrected chi connectivity index (χ2v) is 7.32. The normalized spacial score (nSPS) is 14.3. The van der Waals surface area contributed by atoms with Gasteiger partial charge in [-0.3, -0.25) is 19.3 Å². The molecular weight excluding hydrogens is 362 g/mol. The van der Waals surface area contributed by atoms with Gasteiger partial charge in [-0.05, 0) is 38.0 Å². The average molecular weight is 388 g/mol. The minimum absolute atomic E-state index is 0.0786. The fourth-order valence-corrected chi connectivity index (χ4v) is 3.59. The molecule has 1 saturated carbocycles. The molecule has 144 valence electrons. The van der Waals surface area contributed by atoms with Crippen LogP contribution in [0, 0.1) is 17.6 Å². The highest BCUT2D eigenvalue weighted by molar-refractivity contribution is 7.71. The Morgan fingerprint density at radius 1 is 1.26 bits per heavy atom. The van der Waals surface area contributed by atoms with Crippen molar-refractivity contribution in [2.75, 3.05) is 13.1 Å². The lowest BCUT2D eigenvalue weighted by Gasteiger charge is -2.11. The van der Waals surface area contributed by atoms with Gasteiger partial charge in [-0.15, -0.1) is 0 Å². The van der Waals surface area contributed by atoms with E-state index in [1.54, 1.807) is 4.57 Å². The van der Waals surface area contributed by atoms with Gasteiger partial charge in [-0.1, -0.05) is 36.6 Å². The second-order valence-electron chi connectivity index (χ2n) is 6.93. The van der Waals surface area contributed by atoms with Gasteiger partial charge in [-0.25, -0.2) is 0 Å². The number of carbonyl (C=O) groups excluding carboxylic acids is 2. The third-order valence-corrected chi connectivity index (χ3v) is 5.12. The summed E-state index contributed by atoms with van der Waals surface area (Å²) in [6, 6.07) is 7.88. The number of aromatic nitrogens is 3. The molecule has 0 bridgehead atoms. The van der Waals surface area contributed by atoms with Crippen molar-refractivity contribution in [1.29, 1.82) is 0 Å². The van der Waals surface area contributed by atoms with Crippen LogP contribution in [0.25, 0.3) is 11.4 Å². The van der Waals surface area contributed by atoms with Crippen molar-refractivity contribution in [3.05, 3.63) is 34.6 Å². The van der Waals surface area contributed by atoms with Crippen LogP contribution in [-0.4, -0.2) is 39.7 Å². The van der Waals surface area contributed by atoms with E-state index in [1.807, 2.05) is 31.2 Å². The standard InChI is InChI=1S/C19H25N5O2S/c1-13-5-4-8-15(11-13)17-22-23-19(27)24(17)12-16(25)20-9-10-21-18(26)14-6-2-3-7-14/h4-5,8,11,14H,2-3,6-7,9-10,12H2,1H3,(H,20,25)(H,21,26)(H,23,27). The molecule has 0 spiro atoms. The van der Waals surface area contributed by atoms with Crippen molar-refractivity contribution in [2.45, 2.75) is 39.2 Å². The van der Waals surface area contributed by atoms with Crippen LogP contribution in [0.5, 0.6) is 0 Å². The number of aromatic amines is 1. The maximum atomic E-state index is 12.3. The molecule has 1 heterocycles. The Morgan fingerprint density at radius 3 is 2.74 bits per heavy atom. The van der Waals surface area contributed by atoms with Crippen LogP contribution in [0.4, 0.5) is 0 Å². The predicted molar refractivity (Wildman–Crippen MR) is 106 cm³/mol. The van der Waals surface area contributed by atoms with Gasteiger partial charge in [0.2, 0.25) is 11.8 Å². The minimum Gasteiger partial charge on any atom is -0.354 e. The maximum Gasteiger partial charge on any atom is 0.240 e. The van der Waals surface area contributed by atoms with Gasteiger partial charge in [-0.2, -0.15) is 5.10 Å². The topological polar surface area (TPSA) is 91.8 Å². The van der Waals surface area contributed by atoms with Crippen LogP contribution in [0.3, 0.4) is 0 Å². The number of benzene rings is 1. The molecule has 1 aromatic heterocycles. The first-order chi connectivity index (χ1) is 13.0. The van der Waals surface area contributed by atoms with Crippen molar-refractivity contribution in [3.8, 4) is 11.4 Å². The summed E-state index contributed by atoms with van der Waals surface area (Å²) in [6.07, 6.45) is 4.20. The molecule has 0 atom stereocenters. The SMILES string of the molecule is Cc1cccc(-c2n[nH]c(=S)n2CC(=O)NCCNC(=O)C2CCCC2)c1. The van der Waals surface area contributed by atoms with E-state index in [0.717, 1.165) is 36.8 Å². The van der Waals surface area contributed by atoms with E-state index in [0.29, 0.717) is 23.7 Å². The van der Waals surface area contributed by atoms with Crippen LogP contribution < -0.4 is 10.6 Å². The Kier molecular flexibility index (Phi) is 6.39. The number of H-pyrrole nitrogens is 1. The molecule has 0 radical (unpaired) electrons. The second kappa shape index (κ2) is 8.94. The highest BCUT2D eigenvalue weighted by atomic mass is 32.1. The number of nitrogens with zero attached hydrogens (tertiary/aromatic N) is 2. The first-order valence-electron chi connectivity index (χ1n) is 9.31.